The van der Waals surface area contributed by atoms with Crippen LogP contribution in [0.3, 0.4) is 0 Å². The molecule has 0 spiro atoms. The van der Waals surface area contributed by atoms with E-state index in [0.717, 1.165) is 28.6 Å². The van der Waals surface area contributed by atoms with E-state index in [0.29, 0.717) is 21.8 Å². The Morgan fingerprint density at radius 1 is 1.00 bits per heavy atom. The Kier molecular flexibility index (Phi) is 4.23. The summed E-state index contributed by atoms with van der Waals surface area (Å²) in [5.74, 6) is 0. The third-order valence-electron chi connectivity index (χ3n) is 4.23. The van der Waals surface area contributed by atoms with Crippen LogP contribution >= 0.6 is 23.2 Å². The van der Waals surface area contributed by atoms with E-state index in [2.05, 4.69) is 10.1 Å². The minimum Gasteiger partial charge on any atom is -0.298 e. The van der Waals surface area contributed by atoms with Gasteiger partial charge in [-0.05, 0) is 36.8 Å². The summed E-state index contributed by atoms with van der Waals surface area (Å²) in [4.78, 5) is 16.2. The molecule has 0 aliphatic carbocycles. The number of para-hydroxylation sites is 1. The Morgan fingerprint density at radius 3 is 2.35 bits per heavy atom. The molecule has 4 nitrogen and oxygen atoms in total. The number of carbonyl (C=O) groups excluding carboxylic acids is 1. The van der Waals surface area contributed by atoms with Crippen LogP contribution in [0.15, 0.2) is 54.6 Å². The van der Waals surface area contributed by atoms with Crippen LogP contribution in [0.4, 0.5) is 0 Å². The molecule has 0 bridgehead atoms. The third kappa shape index (κ3) is 2.68. The summed E-state index contributed by atoms with van der Waals surface area (Å²) in [5, 5.41) is 6.20. The number of hydrogen-bond acceptors (Lipinski definition) is 3. The highest BCUT2D eigenvalue weighted by molar-refractivity contribution is 6.33. The highest BCUT2D eigenvalue weighted by atomic mass is 35.5. The van der Waals surface area contributed by atoms with Gasteiger partial charge in [-0.2, -0.15) is 5.10 Å². The van der Waals surface area contributed by atoms with Gasteiger partial charge in [0.25, 0.3) is 0 Å². The van der Waals surface area contributed by atoms with E-state index >= 15 is 0 Å². The van der Waals surface area contributed by atoms with Crippen LogP contribution in [-0.2, 0) is 0 Å². The predicted octanol–water partition coefficient (Wildman–Crippen LogP) is 5.52. The molecule has 0 amide bonds. The summed E-state index contributed by atoms with van der Waals surface area (Å²) in [6.45, 7) is 1.89. The number of halogens is 2. The quantitative estimate of drug-likeness (QED) is 0.347. The minimum absolute atomic E-state index is 0.148. The molecule has 0 atom stereocenters. The molecular weight excluding hydrogens is 369 g/mol. The molecule has 26 heavy (non-hydrogen) atoms. The van der Waals surface area contributed by atoms with Gasteiger partial charge in [0.05, 0.1) is 22.3 Å². The SMILES string of the molecule is Cc1nn(-c2ccccc2)c2nc(Cl)c(C=O)c(-c3ccc(Cl)cc3)c12. The molecular formula is C20H13Cl2N3O. The fourth-order valence-corrected chi connectivity index (χ4v) is 3.42. The fraction of sp³-hybridized carbons (Fsp3) is 0.0500. The molecule has 0 fully saturated rings. The van der Waals surface area contributed by atoms with Crippen LogP contribution < -0.4 is 0 Å². The number of benzene rings is 2. The lowest BCUT2D eigenvalue weighted by Gasteiger charge is -2.10. The van der Waals surface area contributed by atoms with E-state index in [1.807, 2.05) is 49.4 Å². The maximum atomic E-state index is 11.7. The normalized spacial score (nSPS) is 11.0. The van der Waals surface area contributed by atoms with Gasteiger partial charge < -0.3 is 0 Å². The Balaban J connectivity index is 2.11. The fourth-order valence-electron chi connectivity index (χ4n) is 3.08. The maximum absolute atomic E-state index is 11.7. The standard InChI is InChI=1S/C20H13Cl2N3O/c1-12-17-18(13-7-9-14(21)10-8-13)16(11-26)19(22)23-20(17)25(24-12)15-5-3-2-4-6-15/h2-11H,1H3. The van der Waals surface area contributed by atoms with Gasteiger partial charge in [0, 0.05) is 10.6 Å². The average molecular weight is 382 g/mol. The molecule has 0 saturated heterocycles. The van der Waals surface area contributed by atoms with Crippen molar-refractivity contribution in [1.29, 1.82) is 0 Å². The number of aldehydes is 1. The van der Waals surface area contributed by atoms with E-state index in [1.165, 1.54) is 0 Å². The van der Waals surface area contributed by atoms with Gasteiger partial charge in [0.15, 0.2) is 11.9 Å². The second-order valence-electron chi connectivity index (χ2n) is 5.85. The zero-order valence-electron chi connectivity index (χ0n) is 13.8. The van der Waals surface area contributed by atoms with Crippen LogP contribution in [0.5, 0.6) is 0 Å². The topological polar surface area (TPSA) is 47.8 Å². The van der Waals surface area contributed by atoms with E-state index in [4.69, 9.17) is 23.2 Å². The van der Waals surface area contributed by atoms with Gasteiger partial charge in [-0.15, -0.1) is 0 Å². The molecule has 2 aromatic heterocycles. The largest absolute Gasteiger partial charge is 0.298 e. The number of pyridine rings is 1. The molecule has 0 aliphatic heterocycles. The molecule has 0 radical (unpaired) electrons. The predicted molar refractivity (Wildman–Crippen MR) is 104 cm³/mol. The Bertz CT molecular complexity index is 1120. The molecule has 0 unspecified atom stereocenters. The Labute approximate surface area is 160 Å². The molecule has 4 rings (SSSR count). The van der Waals surface area contributed by atoms with Crippen LogP contribution in [0, 0.1) is 6.92 Å². The van der Waals surface area contributed by atoms with Crippen molar-refractivity contribution in [2.75, 3.05) is 0 Å². The first kappa shape index (κ1) is 16.8. The third-order valence-corrected chi connectivity index (χ3v) is 4.77. The van der Waals surface area contributed by atoms with Crippen LogP contribution in [0.2, 0.25) is 10.2 Å². The smallest absolute Gasteiger partial charge is 0.165 e. The summed E-state index contributed by atoms with van der Waals surface area (Å²) >= 11 is 12.4. The molecule has 0 saturated carbocycles. The maximum Gasteiger partial charge on any atom is 0.165 e. The average Bonchev–Trinajstić information content (AvgIpc) is 2.98. The van der Waals surface area contributed by atoms with Crippen LogP contribution in [0.25, 0.3) is 27.8 Å². The van der Waals surface area contributed by atoms with Gasteiger partial charge in [0.1, 0.15) is 5.15 Å². The lowest BCUT2D eigenvalue weighted by molar-refractivity contribution is 0.112. The number of hydrogen-bond donors (Lipinski definition) is 0. The van der Waals surface area contributed by atoms with Gasteiger partial charge in [-0.1, -0.05) is 53.5 Å². The second kappa shape index (κ2) is 6.56. The van der Waals surface area contributed by atoms with Crippen molar-refractivity contribution in [2.24, 2.45) is 0 Å². The van der Waals surface area contributed by atoms with Crippen LogP contribution in [-0.4, -0.2) is 21.1 Å². The van der Waals surface area contributed by atoms with E-state index in [9.17, 15) is 4.79 Å². The Hall–Kier alpha value is -2.69. The van der Waals surface area contributed by atoms with Crippen LogP contribution in [0.1, 0.15) is 16.1 Å². The number of carbonyl (C=O) groups is 1. The minimum atomic E-state index is 0.148. The van der Waals surface area contributed by atoms with Gasteiger partial charge in [-0.25, -0.2) is 9.67 Å². The first-order chi connectivity index (χ1) is 12.6. The molecule has 2 heterocycles. The summed E-state index contributed by atoms with van der Waals surface area (Å²) in [5.41, 5.74) is 4.13. The number of aromatic nitrogens is 3. The lowest BCUT2D eigenvalue weighted by Crippen LogP contribution is -2.00. The van der Waals surface area contributed by atoms with Gasteiger partial charge in [-0.3, -0.25) is 4.79 Å². The number of aryl methyl sites for hydroxylation is 1. The molecule has 0 N–H and O–H groups in total. The van der Waals surface area contributed by atoms with Crippen molar-refractivity contribution in [3.8, 4) is 16.8 Å². The molecule has 2 aromatic carbocycles. The lowest BCUT2D eigenvalue weighted by atomic mass is 9.98. The summed E-state index contributed by atoms with van der Waals surface area (Å²) in [6.07, 6.45) is 0.734. The van der Waals surface area contributed by atoms with Gasteiger partial charge in [0.2, 0.25) is 0 Å². The number of nitrogens with zero attached hydrogens (tertiary/aromatic N) is 3. The zero-order valence-corrected chi connectivity index (χ0v) is 15.3. The molecule has 6 heteroatoms. The zero-order chi connectivity index (χ0) is 18.3. The van der Waals surface area contributed by atoms with Crippen molar-refractivity contribution in [2.45, 2.75) is 6.92 Å². The highest BCUT2D eigenvalue weighted by Gasteiger charge is 2.21. The first-order valence-corrected chi connectivity index (χ1v) is 8.71. The molecule has 0 aliphatic rings. The van der Waals surface area contributed by atoms with Crippen molar-refractivity contribution in [3.05, 3.63) is 76.0 Å². The summed E-state index contributed by atoms with van der Waals surface area (Å²) in [7, 11) is 0. The highest BCUT2D eigenvalue weighted by Crippen LogP contribution is 2.37. The van der Waals surface area contributed by atoms with Crippen molar-refractivity contribution < 1.29 is 4.79 Å². The number of fused-ring (bicyclic) bond motifs is 1. The Morgan fingerprint density at radius 2 is 1.69 bits per heavy atom. The second-order valence-corrected chi connectivity index (χ2v) is 6.64. The molecule has 4 aromatic rings. The summed E-state index contributed by atoms with van der Waals surface area (Å²) < 4.78 is 1.74. The van der Waals surface area contributed by atoms with E-state index in [1.54, 1.807) is 16.8 Å². The monoisotopic (exact) mass is 381 g/mol. The molecule has 128 valence electrons. The van der Waals surface area contributed by atoms with Crippen molar-refractivity contribution >= 4 is 40.5 Å². The first-order valence-electron chi connectivity index (χ1n) is 7.95. The van der Waals surface area contributed by atoms with Crippen molar-refractivity contribution in [1.82, 2.24) is 14.8 Å². The van der Waals surface area contributed by atoms with E-state index in [-0.39, 0.29) is 5.15 Å². The summed E-state index contributed by atoms with van der Waals surface area (Å²) in [6, 6.07) is 17.0. The number of rotatable bonds is 3. The van der Waals surface area contributed by atoms with Gasteiger partial charge >= 0.3 is 0 Å². The van der Waals surface area contributed by atoms with Crippen molar-refractivity contribution in [3.63, 3.8) is 0 Å². The van der Waals surface area contributed by atoms with E-state index < -0.39 is 0 Å².